The van der Waals surface area contributed by atoms with E-state index >= 15 is 0 Å². The molecule has 0 spiro atoms. The van der Waals surface area contributed by atoms with Crippen LogP contribution in [0, 0.1) is 11.8 Å². The van der Waals surface area contributed by atoms with E-state index in [4.69, 9.17) is 9.16 Å². The van der Waals surface area contributed by atoms with Gasteiger partial charge in [0.1, 0.15) is 5.60 Å². The summed E-state index contributed by atoms with van der Waals surface area (Å²) >= 11 is 0. The highest BCUT2D eigenvalue weighted by molar-refractivity contribution is 6.74. The number of amides is 1. The molecule has 0 bridgehead atoms. The summed E-state index contributed by atoms with van der Waals surface area (Å²) in [4.78, 5) is 14.0. The van der Waals surface area contributed by atoms with Crippen molar-refractivity contribution in [2.45, 2.75) is 110 Å². The van der Waals surface area contributed by atoms with E-state index in [2.05, 4.69) is 40.8 Å². The summed E-state index contributed by atoms with van der Waals surface area (Å²) in [7, 11) is 0.0960. The minimum Gasteiger partial charge on any atom is -0.444 e. The van der Waals surface area contributed by atoms with Gasteiger partial charge in [-0.1, -0.05) is 40.5 Å². The van der Waals surface area contributed by atoms with Gasteiger partial charge in [0, 0.05) is 19.7 Å². The van der Waals surface area contributed by atoms with Crippen LogP contribution in [0.1, 0.15) is 80.6 Å². The summed E-state index contributed by atoms with van der Waals surface area (Å²) in [6.45, 7) is 20.4. The van der Waals surface area contributed by atoms with Gasteiger partial charge >= 0.3 is 6.09 Å². The molecule has 0 aliphatic heterocycles. The van der Waals surface area contributed by atoms with E-state index in [0.717, 1.165) is 13.0 Å². The van der Waals surface area contributed by atoms with E-state index < -0.39 is 13.9 Å². The average molecular weight is 400 g/mol. The second-order valence-corrected chi connectivity index (χ2v) is 15.9. The second kappa shape index (κ2) is 9.30. The fourth-order valence-corrected chi connectivity index (χ4v) is 5.05. The van der Waals surface area contributed by atoms with Crippen molar-refractivity contribution in [3.8, 4) is 0 Å². The molecule has 0 aromatic carbocycles. The van der Waals surface area contributed by atoms with Crippen LogP contribution in [0.3, 0.4) is 0 Å². The van der Waals surface area contributed by atoms with Gasteiger partial charge in [-0.3, -0.25) is 0 Å². The Morgan fingerprint density at radius 3 is 2.19 bits per heavy atom. The number of rotatable bonds is 6. The van der Waals surface area contributed by atoms with Crippen LogP contribution in [0.25, 0.3) is 0 Å². The molecule has 0 saturated heterocycles. The Bertz CT molecular complexity index is 479. The molecule has 0 heterocycles. The first-order valence-corrected chi connectivity index (χ1v) is 13.6. The topological polar surface area (TPSA) is 38.8 Å². The maximum atomic E-state index is 12.2. The fourth-order valence-electron chi connectivity index (χ4n) is 3.63. The SMILES string of the molecule is CC(C[C@@H]1CCCC[C@H]1O[Si](C)(C)C(C)(C)C)CN(C)C(=O)OC(C)(C)C. The van der Waals surface area contributed by atoms with Crippen LogP contribution < -0.4 is 0 Å². The first-order valence-electron chi connectivity index (χ1n) is 10.7. The van der Waals surface area contributed by atoms with Crippen molar-refractivity contribution >= 4 is 14.4 Å². The molecule has 1 unspecified atom stereocenters. The molecule has 5 heteroatoms. The largest absolute Gasteiger partial charge is 0.444 e. The predicted octanol–water partition coefficient (Wildman–Crippen LogP) is 6.46. The van der Waals surface area contributed by atoms with Gasteiger partial charge in [-0.2, -0.15) is 0 Å². The number of carbonyl (C=O) groups is 1. The lowest BCUT2D eigenvalue weighted by atomic mass is 9.81. The third-order valence-electron chi connectivity index (χ3n) is 6.09. The van der Waals surface area contributed by atoms with E-state index in [-0.39, 0.29) is 11.1 Å². The van der Waals surface area contributed by atoms with Crippen LogP contribution in [-0.2, 0) is 9.16 Å². The number of hydrogen-bond acceptors (Lipinski definition) is 3. The zero-order valence-corrected chi connectivity index (χ0v) is 20.6. The Hall–Kier alpha value is -0.553. The highest BCUT2D eigenvalue weighted by Crippen LogP contribution is 2.41. The number of ether oxygens (including phenoxy) is 1. The Labute approximate surface area is 169 Å². The Kier molecular flexibility index (Phi) is 8.43. The standard InChI is InChI=1S/C22H45NO3Si/c1-17(16-23(8)20(24)25-21(2,3)4)15-18-13-11-12-14-19(18)26-27(9,10)22(5,6)7/h17-19H,11-16H2,1-10H3/t17?,18-,19+/m0/s1. The minimum absolute atomic E-state index is 0.230. The minimum atomic E-state index is -1.75. The van der Waals surface area contributed by atoms with Gasteiger partial charge in [-0.05, 0) is 70.0 Å². The van der Waals surface area contributed by atoms with Gasteiger partial charge in [0.2, 0.25) is 0 Å². The van der Waals surface area contributed by atoms with Crippen LogP contribution in [-0.4, -0.2) is 44.6 Å². The molecule has 4 nitrogen and oxygen atoms in total. The van der Waals surface area contributed by atoms with Crippen LogP contribution in [0.2, 0.25) is 18.1 Å². The van der Waals surface area contributed by atoms with Crippen LogP contribution in [0.5, 0.6) is 0 Å². The zero-order chi connectivity index (χ0) is 21.0. The Morgan fingerprint density at radius 1 is 1.11 bits per heavy atom. The van der Waals surface area contributed by atoms with Crippen LogP contribution in [0.15, 0.2) is 0 Å². The fraction of sp³-hybridized carbons (Fsp3) is 0.955. The maximum Gasteiger partial charge on any atom is 0.410 e. The molecule has 1 amide bonds. The molecule has 1 aliphatic carbocycles. The molecule has 1 saturated carbocycles. The summed E-state index contributed by atoms with van der Waals surface area (Å²) < 4.78 is 12.3. The summed E-state index contributed by atoms with van der Waals surface area (Å²) in [5, 5.41) is 0.248. The Balaban J connectivity index is 2.64. The highest BCUT2D eigenvalue weighted by atomic mass is 28.4. The lowest BCUT2D eigenvalue weighted by Gasteiger charge is -2.43. The normalized spacial score (nSPS) is 23.0. The lowest BCUT2D eigenvalue weighted by Crippen LogP contribution is -2.47. The molecular weight excluding hydrogens is 354 g/mol. The molecule has 160 valence electrons. The Morgan fingerprint density at radius 2 is 1.67 bits per heavy atom. The number of nitrogens with zero attached hydrogens (tertiary/aromatic N) is 1. The van der Waals surface area contributed by atoms with Crippen molar-refractivity contribution in [1.29, 1.82) is 0 Å². The van der Waals surface area contributed by atoms with Gasteiger partial charge in [-0.25, -0.2) is 4.79 Å². The summed E-state index contributed by atoms with van der Waals surface area (Å²) in [5.41, 5.74) is -0.444. The quantitative estimate of drug-likeness (QED) is 0.481. The van der Waals surface area contributed by atoms with E-state index in [1.165, 1.54) is 25.7 Å². The van der Waals surface area contributed by atoms with Gasteiger partial charge < -0.3 is 14.1 Å². The third kappa shape index (κ3) is 8.14. The molecule has 0 aromatic rings. The molecule has 3 atom stereocenters. The monoisotopic (exact) mass is 399 g/mol. The molecule has 1 rings (SSSR count). The third-order valence-corrected chi connectivity index (χ3v) is 10.6. The van der Waals surface area contributed by atoms with E-state index in [1.807, 2.05) is 27.8 Å². The summed E-state index contributed by atoms with van der Waals surface area (Å²) in [6, 6.07) is 0. The zero-order valence-electron chi connectivity index (χ0n) is 19.6. The molecule has 0 N–H and O–H groups in total. The molecule has 0 radical (unpaired) electrons. The van der Waals surface area contributed by atoms with Gasteiger partial charge in [0.15, 0.2) is 8.32 Å². The lowest BCUT2D eigenvalue weighted by molar-refractivity contribution is 0.0247. The van der Waals surface area contributed by atoms with Crippen molar-refractivity contribution in [1.82, 2.24) is 4.90 Å². The molecular formula is C22H45NO3Si. The van der Waals surface area contributed by atoms with E-state index in [9.17, 15) is 4.79 Å². The maximum absolute atomic E-state index is 12.2. The van der Waals surface area contributed by atoms with Crippen molar-refractivity contribution in [3.05, 3.63) is 0 Å². The number of carbonyl (C=O) groups excluding carboxylic acids is 1. The molecule has 1 aliphatic rings. The first-order chi connectivity index (χ1) is 12.1. The summed E-state index contributed by atoms with van der Waals surface area (Å²) in [5.74, 6) is 1.05. The van der Waals surface area contributed by atoms with Gasteiger partial charge in [-0.15, -0.1) is 0 Å². The van der Waals surface area contributed by atoms with Gasteiger partial charge in [0.25, 0.3) is 0 Å². The summed E-state index contributed by atoms with van der Waals surface area (Å²) in [6.07, 6.45) is 6.29. The predicted molar refractivity (Wildman–Crippen MR) is 117 cm³/mol. The van der Waals surface area contributed by atoms with Gasteiger partial charge in [0.05, 0.1) is 0 Å². The average Bonchev–Trinajstić information content (AvgIpc) is 2.45. The van der Waals surface area contributed by atoms with Crippen LogP contribution >= 0.6 is 0 Å². The van der Waals surface area contributed by atoms with Crippen molar-refractivity contribution in [3.63, 3.8) is 0 Å². The van der Waals surface area contributed by atoms with E-state index in [1.54, 1.807) is 4.90 Å². The van der Waals surface area contributed by atoms with E-state index in [0.29, 0.717) is 17.9 Å². The molecule has 0 aromatic heterocycles. The highest BCUT2D eigenvalue weighted by Gasteiger charge is 2.41. The van der Waals surface area contributed by atoms with Crippen molar-refractivity contribution in [2.24, 2.45) is 11.8 Å². The first kappa shape index (κ1) is 24.5. The smallest absolute Gasteiger partial charge is 0.410 e. The number of hydrogen-bond donors (Lipinski definition) is 0. The van der Waals surface area contributed by atoms with Crippen molar-refractivity contribution in [2.75, 3.05) is 13.6 Å². The van der Waals surface area contributed by atoms with Crippen molar-refractivity contribution < 1.29 is 14.0 Å². The second-order valence-electron chi connectivity index (χ2n) is 11.2. The molecule has 27 heavy (non-hydrogen) atoms. The molecule has 1 fully saturated rings. The van der Waals surface area contributed by atoms with Crippen LogP contribution in [0.4, 0.5) is 4.79 Å².